The maximum atomic E-state index is 14.0. The number of nitrogens with one attached hydrogen (secondary N) is 1. The lowest BCUT2D eigenvalue weighted by Gasteiger charge is -2.35. The lowest BCUT2D eigenvalue weighted by Crippen LogP contribution is -2.43. The molecule has 1 aromatic heterocycles. The molecule has 0 radical (unpaired) electrons. The molecule has 1 aliphatic heterocycles. The topological polar surface area (TPSA) is 75.3 Å². The largest absolute Gasteiger partial charge is 0.378 e. The van der Waals surface area contributed by atoms with Gasteiger partial charge >= 0.3 is 0 Å². The average Bonchev–Trinajstić information content (AvgIpc) is 2.86. The minimum absolute atomic E-state index is 0.172. The molecule has 1 saturated heterocycles. The molecule has 1 atom stereocenters. The van der Waals surface area contributed by atoms with E-state index in [9.17, 15) is 12.8 Å². The SMILES string of the molecule is Cc1n[nH]c(C)c1C1COCCN1S(=O)(=O)c1ccccc1F. The minimum Gasteiger partial charge on any atom is -0.378 e. The Kier molecular flexibility index (Phi) is 4.22. The molecule has 3 rings (SSSR count). The summed E-state index contributed by atoms with van der Waals surface area (Å²) in [6, 6.07) is 4.89. The molecule has 1 aliphatic rings. The first-order valence-electron chi connectivity index (χ1n) is 7.28. The molecule has 1 N–H and O–H groups in total. The molecular formula is C15H18FN3O3S. The molecule has 0 bridgehead atoms. The van der Waals surface area contributed by atoms with Crippen molar-refractivity contribution in [2.45, 2.75) is 24.8 Å². The highest BCUT2D eigenvalue weighted by Crippen LogP contribution is 2.33. The van der Waals surface area contributed by atoms with Crippen molar-refractivity contribution in [3.8, 4) is 0 Å². The molecule has 0 aliphatic carbocycles. The van der Waals surface area contributed by atoms with Crippen molar-refractivity contribution in [1.82, 2.24) is 14.5 Å². The Balaban J connectivity index is 2.07. The molecule has 8 heteroatoms. The summed E-state index contributed by atoms with van der Waals surface area (Å²) in [5.41, 5.74) is 2.28. The number of nitrogens with zero attached hydrogens (tertiary/aromatic N) is 2. The number of rotatable bonds is 3. The van der Waals surface area contributed by atoms with Crippen LogP contribution < -0.4 is 0 Å². The van der Waals surface area contributed by atoms with Gasteiger partial charge in [0.05, 0.1) is 24.9 Å². The van der Waals surface area contributed by atoms with Gasteiger partial charge in [-0.1, -0.05) is 12.1 Å². The van der Waals surface area contributed by atoms with Crippen LogP contribution in [0.4, 0.5) is 4.39 Å². The van der Waals surface area contributed by atoms with Crippen LogP contribution in [0.15, 0.2) is 29.2 Å². The average molecular weight is 339 g/mol. The number of morpholine rings is 1. The Hall–Kier alpha value is -1.77. The highest BCUT2D eigenvalue weighted by atomic mass is 32.2. The smallest absolute Gasteiger partial charge is 0.246 e. The van der Waals surface area contributed by atoms with E-state index in [-0.39, 0.29) is 24.7 Å². The van der Waals surface area contributed by atoms with Crippen LogP contribution in [0.3, 0.4) is 0 Å². The monoisotopic (exact) mass is 339 g/mol. The van der Waals surface area contributed by atoms with E-state index >= 15 is 0 Å². The number of ether oxygens (including phenoxy) is 1. The highest BCUT2D eigenvalue weighted by molar-refractivity contribution is 7.89. The molecule has 124 valence electrons. The van der Waals surface area contributed by atoms with Gasteiger partial charge in [0, 0.05) is 17.8 Å². The number of aryl methyl sites for hydroxylation is 2. The van der Waals surface area contributed by atoms with Gasteiger partial charge in [-0.2, -0.15) is 9.40 Å². The van der Waals surface area contributed by atoms with Gasteiger partial charge in [-0.15, -0.1) is 0 Å². The fraction of sp³-hybridized carbons (Fsp3) is 0.400. The van der Waals surface area contributed by atoms with Crippen molar-refractivity contribution >= 4 is 10.0 Å². The van der Waals surface area contributed by atoms with E-state index < -0.39 is 21.9 Å². The lowest BCUT2D eigenvalue weighted by atomic mass is 10.1. The van der Waals surface area contributed by atoms with Crippen molar-refractivity contribution in [2.75, 3.05) is 19.8 Å². The number of aromatic nitrogens is 2. The standard InChI is InChI=1S/C15H18FN3O3S/c1-10-15(11(2)18-17-10)13-9-22-8-7-19(13)23(20,21)14-6-4-3-5-12(14)16/h3-6,13H,7-9H2,1-2H3,(H,17,18). The summed E-state index contributed by atoms with van der Waals surface area (Å²) < 4.78 is 46.7. The summed E-state index contributed by atoms with van der Waals surface area (Å²) in [6.07, 6.45) is 0. The molecule has 1 aromatic carbocycles. The maximum absolute atomic E-state index is 14.0. The fourth-order valence-electron chi connectivity index (χ4n) is 2.93. The Morgan fingerprint density at radius 3 is 2.74 bits per heavy atom. The van der Waals surface area contributed by atoms with Crippen molar-refractivity contribution in [3.63, 3.8) is 0 Å². The zero-order chi connectivity index (χ0) is 16.6. The van der Waals surface area contributed by atoms with E-state index in [0.717, 1.165) is 17.3 Å². The normalized spacial score (nSPS) is 19.9. The Labute approximate surface area is 134 Å². The number of sulfonamides is 1. The third-order valence-electron chi connectivity index (χ3n) is 4.02. The maximum Gasteiger partial charge on any atom is 0.246 e. The second-order valence-electron chi connectivity index (χ2n) is 5.48. The number of hydrogen-bond donors (Lipinski definition) is 1. The van der Waals surface area contributed by atoms with E-state index in [2.05, 4.69) is 10.2 Å². The molecule has 1 unspecified atom stereocenters. The van der Waals surface area contributed by atoms with E-state index in [1.54, 1.807) is 6.92 Å². The summed E-state index contributed by atoms with van der Waals surface area (Å²) >= 11 is 0. The van der Waals surface area contributed by atoms with E-state index in [0.29, 0.717) is 5.69 Å². The molecule has 1 fully saturated rings. The third-order valence-corrected chi connectivity index (χ3v) is 5.96. The van der Waals surface area contributed by atoms with Crippen LogP contribution in [0.1, 0.15) is 23.0 Å². The van der Waals surface area contributed by atoms with Gasteiger partial charge in [0.25, 0.3) is 0 Å². The first kappa shape index (κ1) is 16.1. The molecule has 0 amide bonds. The van der Waals surface area contributed by atoms with Crippen molar-refractivity contribution < 1.29 is 17.5 Å². The molecule has 2 heterocycles. The molecular weight excluding hydrogens is 321 g/mol. The van der Waals surface area contributed by atoms with Crippen LogP contribution in [0.2, 0.25) is 0 Å². The lowest BCUT2D eigenvalue weighted by molar-refractivity contribution is 0.0315. The van der Waals surface area contributed by atoms with Crippen LogP contribution in [-0.4, -0.2) is 42.7 Å². The number of halogens is 1. The predicted molar refractivity (Wildman–Crippen MR) is 81.9 cm³/mol. The number of H-pyrrole nitrogens is 1. The first-order chi connectivity index (χ1) is 10.9. The second-order valence-corrected chi connectivity index (χ2v) is 7.34. The number of aromatic amines is 1. The Morgan fingerprint density at radius 2 is 2.09 bits per heavy atom. The van der Waals surface area contributed by atoms with Crippen molar-refractivity contribution in [2.24, 2.45) is 0 Å². The van der Waals surface area contributed by atoms with Gasteiger partial charge < -0.3 is 4.74 Å². The van der Waals surface area contributed by atoms with Gasteiger partial charge in [-0.3, -0.25) is 5.10 Å². The van der Waals surface area contributed by atoms with Crippen LogP contribution in [-0.2, 0) is 14.8 Å². The molecule has 6 nitrogen and oxygen atoms in total. The molecule has 23 heavy (non-hydrogen) atoms. The quantitative estimate of drug-likeness (QED) is 0.927. The third kappa shape index (κ3) is 2.77. The van der Waals surface area contributed by atoms with Gasteiger partial charge in [0.2, 0.25) is 10.0 Å². The van der Waals surface area contributed by atoms with E-state index in [1.165, 1.54) is 22.5 Å². The zero-order valence-corrected chi connectivity index (χ0v) is 13.7. The van der Waals surface area contributed by atoms with Gasteiger partial charge in [-0.25, -0.2) is 12.8 Å². The van der Waals surface area contributed by atoms with Crippen LogP contribution in [0.25, 0.3) is 0 Å². The second kappa shape index (κ2) is 6.03. The summed E-state index contributed by atoms with van der Waals surface area (Å²) in [5.74, 6) is -0.752. The Bertz CT molecular complexity index is 800. The van der Waals surface area contributed by atoms with Crippen LogP contribution in [0, 0.1) is 19.7 Å². The summed E-state index contributed by atoms with van der Waals surface area (Å²) in [6.45, 7) is 4.31. The fourth-order valence-corrected chi connectivity index (χ4v) is 4.57. The van der Waals surface area contributed by atoms with Gasteiger partial charge in [0.1, 0.15) is 10.7 Å². The summed E-state index contributed by atoms with van der Waals surface area (Å²) in [4.78, 5) is -0.314. The summed E-state index contributed by atoms with van der Waals surface area (Å²) in [7, 11) is -3.96. The zero-order valence-electron chi connectivity index (χ0n) is 12.9. The molecule has 0 spiro atoms. The predicted octanol–water partition coefficient (Wildman–Crippen LogP) is 1.93. The van der Waals surface area contributed by atoms with Crippen LogP contribution in [0.5, 0.6) is 0 Å². The molecule has 2 aromatic rings. The number of hydrogen-bond acceptors (Lipinski definition) is 4. The van der Waals surface area contributed by atoms with Crippen LogP contribution >= 0.6 is 0 Å². The molecule has 0 saturated carbocycles. The Morgan fingerprint density at radius 1 is 1.35 bits per heavy atom. The van der Waals surface area contributed by atoms with Gasteiger partial charge in [0.15, 0.2) is 0 Å². The summed E-state index contributed by atoms with van der Waals surface area (Å²) in [5, 5.41) is 6.98. The van der Waals surface area contributed by atoms with E-state index in [1.807, 2.05) is 6.92 Å². The van der Waals surface area contributed by atoms with E-state index in [4.69, 9.17) is 4.74 Å². The minimum atomic E-state index is -3.96. The first-order valence-corrected chi connectivity index (χ1v) is 8.72. The number of benzene rings is 1. The highest BCUT2D eigenvalue weighted by Gasteiger charge is 2.38. The van der Waals surface area contributed by atoms with Gasteiger partial charge in [-0.05, 0) is 26.0 Å². The van der Waals surface area contributed by atoms with Crippen molar-refractivity contribution in [3.05, 3.63) is 47.0 Å². The van der Waals surface area contributed by atoms with Crippen molar-refractivity contribution in [1.29, 1.82) is 0 Å².